The van der Waals surface area contributed by atoms with Crippen LogP contribution in [0.2, 0.25) is 0 Å². The Morgan fingerprint density at radius 3 is 2.52 bits per heavy atom. The van der Waals surface area contributed by atoms with Gasteiger partial charge in [-0.3, -0.25) is 4.98 Å². The van der Waals surface area contributed by atoms with Crippen molar-refractivity contribution in [3.05, 3.63) is 30.1 Å². The highest BCUT2D eigenvalue weighted by atomic mass is 14.9. The number of nitrogens with one attached hydrogen (secondary N) is 1. The molecule has 0 unspecified atom stereocenters. The van der Waals surface area contributed by atoms with Gasteiger partial charge in [-0.15, -0.1) is 0 Å². The lowest BCUT2D eigenvalue weighted by atomic mass is 9.48. The normalized spacial score (nSPS) is 23.5. The van der Waals surface area contributed by atoms with Crippen LogP contribution in [-0.4, -0.2) is 18.1 Å². The van der Waals surface area contributed by atoms with Crippen LogP contribution in [0.3, 0.4) is 0 Å². The molecule has 0 aliphatic heterocycles. The van der Waals surface area contributed by atoms with Crippen LogP contribution in [0.1, 0.15) is 70.3 Å². The van der Waals surface area contributed by atoms with Gasteiger partial charge >= 0.3 is 0 Å². The van der Waals surface area contributed by atoms with E-state index in [9.17, 15) is 0 Å². The summed E-state index contributed by atoms with van der Waals surface area (Å²) in [5.41, 5.74) is 2.47. The fourth-order valence-electron chi connectivity index (χ4n) is 4.83. The predicted molar refractivity (Wildman–Crippen MR) is 88.4 cm³/mol. The molecule has 3 rings (SSSR count). The van der Waals surface area contributed by atoms with E-state index in [-0.39, 0.29) is 0 Å². The van der Waals surface area contributed by atoms with E-state index in [0.717, 1.165) is 13.1 Å². The molecule has 0 bridgehead atoms. The van der Waals surface area contributed by atoms with E-state index in [1.165, 1.54) is 63.4 Å². The summed E-state index contributed by atoms with van der Waals surface area (Å²) in [6, 6.07) is 4.40. The molecule has 2 aliphatic carbocycles. The van der Waals surface area contributed by atoms with Crippen LogP contribution in [0.5, 0.6) is 0 Å². The van der Waals surface area contributed by atoms with E-state index < -0.39 is 0 Å². The van der Waals surface area contributed by atoms with Crippen molar-refractivity contribution in [2.24, 2.45) is 5.41 Å². The first-order valence-corrected chi connectivity index (χ1v) is 8.90. The molecule has 0 atom stereocenters. The number of aromatic nitrogens is 1. The number of pyridine rings is 1. The zero-order chi connectivity index (χ0) is 14.6. The van der Waals surface area contributed by atoms with Gasteiger partial charge < -0.3 is 5.32 Å². The quantitative estimate of drug-likeness (QED) is 0.809. The molecular weight excluding hydrogens is 256 g/mol. The van der Waals surface area contributed by atoms with E-state index in [1.807, 2.05) is 6.20 Å². The molecule has 2 saturated carbocycles. The lowest BCUT2D eigenvalue weighted by Gasteiger charge is -2.57. The van der Waals surface area contributed by atoms with Crippen molar-refractivity contribution in [2.75, 3.05) is 13.1 Å². The largest absolute Gasteiger partial charge is 0.316 e. The van der Waals surface area contributed by atoms with E-state index in [0.29, 0.717) is 10.8 Å². The molecular formula is C19H30N2. The van der Waals surface area contributed by atoms with Crippen LogP contribution in [-0.2, 0) is 5.41 Å². The summed E-state index contributed by atoms with van der Waals surface area (Å²) in [7, 11) is 0. The Kier molecular flexibility index (Phi) is 4.63. The van der Waals surface area contributed by atoms with E-state index in [2.05, 4.69) is 35.6 Å². The van der Waals surface area contributed by atoms with Gasteiger partial charge in [-0.25, -0.2) is 0 Å². The molecule has 2 aliphatic rings. The Hall–Kier alpha value is -0.890. The van der Waals surface area contributed by atoms with Gasteiger partial charge in [-0.1, -0.05) is 38.7 Å². The molecule has 0 radical (unpaired) electrons. The highest BCUT2D eigenvalue weighted by Crippen LogP contribution is 2.60. The van der Waals surface area contributed by atoms with Gasteiger partial charge in [0.05, 0.1) is 0 Å². The van der Waals surface area contributed by atoms with Gasteiger partial charge in [0.15, 0.2) is 0 Å². The molecule has 116 valence electrons. The van der Waals surface area contributed by atoms with Gasteiger partial charge in [-0.05, 0) is 55.7 Å². The van der Waals surface area contributed by atoms with Gasteiger partial charge in [0.1, 0.15) is 0 Å². The highest BCUT2D eigenvalue weighted by molar-refractivity contribution is 5.29. The first-order chi connectivity index (χ1) is 10.3. The molecule has 2 fully saturated rings. The van der Waals surface area contributed by atoms with Crippen LogP contribution >= 0.6 is 0 Å². The summed E-state index contributed by atoms with van der Waals surface area (Å²) in [5.74, 6) is 0. The van der Waals surface area contributed by atoms with Crippen LogP contribution in [0.15, 0.2) is 24.5 Å². The molecule has 1 heterocycles. The first kappa shape index (κ1) is 15.0. The van der Waals surface area contributed by atoms with E-state index in [1.54, 1.807) is 0 Å². The van der Waals surface area contributed by atoms with Crippen molar-refractivity contribution < 1.29 is 0 Å². The Labute approximate surface area is 129 Å². The maximum atomic E-state index is 4.39. The molecule has 2 nitrogen and oxygen atoms in total. The van der Waals surface area contributed by atoms with E-state index in [4.69, 9.17) is 0 Å². The standard InChI is InChI=1S/C19H30N2/c1-2-11-21-16-19(17-8-7-12-20-13-17)14-18(15-19)9-5-3-4-6-10-18/h7-8,12-13,21H,2-6,9-11,14-16H2,1H3. The summed E-state index contributed by atoms with van der Waals surface area (Å²) in [5, 5.41) is 3.69. The third-order valence-electron chi connectivity index (χ3n) is 5.76. The summed E-state index contributed by atoms with van der Waals surface area (Å²) >= 11 is 0. The zero-order valence-electron chi connectivity index (χ0n) is 13.5. The van der Waals surface area contributed by atoms with Gasteiger partial charge in [-0.2, -0.15) is 0 Å². The van der Waals surface area contributed by atoms with Gasteiger partial charge in [0.25, 0.3) is 0 Å². The minimum Gasteiger partial charge on any atom is -0.316 e. The lowest BCUT2D eigenvalue weighted by molar-refractivity contribution is 0.00606. The minimum absolute atomic E-state index is 0.355. The number of hydrogen-bond donors (Lipinski definition) is 1. The molecule has 1 spiro atoms. The summed E-state index contributed by atoms with van der Waals surface area (Å²) in [6.45, 7) is 4.51. The lowest BCUT2D eigenvalue weighted by Crippen LogP contribution is -2.54. The molecule has 1 aromatic rings. The molecule has 0 amide bonds. The average Bonchev–Trinajstić information content (AvgIpc) is 2.73. The second-order valence-corrected chi connectivity index (χ2v) is 7.47. The SMILES string of the molecule is CCCNCC1(c2cccnc2)CC2(CCCCCC2)C1. The molecule has 21 heavy (non-hydrogen) atoms. The van der Waals surface area contributed by atoms with Crippen molar-refractivity contribution in [3.63, 3.8) is 0 Å². The van der Waals surface area contributed by atoms with Crippen molar-refractivity contribution in [1.29, 1.82) is 0 Å². The van der Waals surface area contributed by atoms with Crippen LogP contribution in [0.4, 0.5) is 0 Å². The predicted octanol–water partition coefficient (Wildman–Crippen LogP) is 4.45. The van der Waals surface area contributed by atoms with Crippen LogP contribution < -0.4 is 5.32 Å². The Balaban J connectivity index is 1.73. The summed E-state index contributed by atoms with van der Waals surface area (Å²) in [6.07, 6.45) is 16.7. The number of hydrogen-bond acceptors (Lipinski definition) is 2. The fourth-order valence-corrected chi connectivity index (χ4v) is 4.83. The Bertz CT molecular complexity index is 424. The Morgan fingerprint density at radius 2 is 1.90 bits per heavy atom. The summed E-state index contributed by atoms with van der Waals surface area (Å²) < 4.78 is 0. The third kappa shape index (κ3) is 3.15. The third-order valence-corrected chi connectivity index (χ3v) is 5.76. The average molecular weight is 286 g/mol. The number of nitrogens with zero attached hydrogens (tertiary/aromatic N) is 1. The van der Waals surface area contributed by atoms with Crippen LogP contribution in [0.25, 0.3) is 0 Å². The minimum atomic E-state index is 0.355. The second kappa shape index (κ2) is 6.48. The maximum Gasteiger partial charge on any atom is 0.0306 e. The van der Waals surface area contributed by atoms with E-state index >= 15 is 0 Å². The molecule has 1 N–H and O–H groups in total. The maximum absolute atomic E-state index is 4.39. The van der Waals surface area contributed by atoms with Crippen molar-refractivity contribution >= 4 is 0 Å². The highest BCUT2D eigenvalue weighted by Gasteiger charge is 2.54. The topological polar surface area (TPSA) is 24.9 Å². The zero-order valence-corrected chi connectivity index (χ0v) is 13.5. The first-order valence-electron chi connectivity index (χ1n) is 8.90. The van der Waals surface area contributed by atoms with Crippen molar-refractivity contribution in [1.82, 2.24) is 10.3 Å². The molecule has 1 aromatic heterocycles. The second-order valence-electron chi connectivity index (χ2n) is 7.47. The molecule has 0 aromatic carbocycles. The van der Waals surface area contributed by atoms with Crippen LogP contribution in [0, 0.1) is 5.41 Å². The fraction of sp³-hybridized carbons (Fsp3) is 0.737. The van der Waals surface area contributed by atoms with Gasteiger partial charge in [0.2, 0.25) is 0 Å². The smallest absolute Gasteiger partial charge is 0.0306 e. The van der Waals surface area contributed by atoms with Gasteiger partial charge in [0, 0.05) is 24.4 Å². The van der Waals surface area contributed by atoms with Crippen molar-refractivity contribution in [2.45, 2.75) is 70.1 Å². The molecule has 2 heteroatoms. The molecule has 0 saturated heterocycles. The summed E-state index contributed by atoms with van der Waals surface area (Å²) in [4.78, 5) is 4.39. The van der Waals surface area contributed by atoms with Crippen molar-refractivity contribution in [3.8, 4) is 0 Å². The Morgan fingerprint density at radius 1 is 1.14 bits per heavy atom. The number of rotatable bonds is 5. The monoisotopic (exact) mass is 286 g/mol.